The minimum absolute atomic E-state index is 0.195. The van der Waals surface area contributed by atoms with Crippen LogP contribution in [0.1, 0.15) is 19.8 Å². The number of nitrogens with zero attached hydrogens (tertiary/aromatic N) is 3. The fourth-order valence-corrected chi connectivity index (χ4v) is 2.66. The van der Waals surface area contributed by atoms with E-state index in [1.807, 2.05) is 0 Å². The van der Waals surface area contributed by atoms with Gasteiger partial charge in [0.2, 0.25) is 0 Å². The summed E-state index contributed by atoms with van der Waals surface area (Å²) in [5, 5.41) is 0.195. The van der Waals surface area contributed by atoms with E-state index in [-0.39, 0.29) is 10.6 Å². The van der Waals surface area contributed by atoms with E-state index in [1.165, 1.54) is 6.33 Å². The summed E-state index contributed by atoms with van der Waals surface area (Å²) in [4.78, 5) is 22.8. The third kappa shape index (κ3) is 2.67. The van der Waals surface area contributed by atoms with Gasteiger partial charge in [0.15, 0.2) is 5.82 Å². The van der Waals surface area contributed by atoms with E-state index in [0.717, 1.165) is 32.5 Å². The Kier molecular flexibility index (Phi) is 4.24. The molecular formula is C12H19ClN4O. The molecule has 1 N–H and O–H groups in total. The second-order valence-corrected chi connectivity index (χ2v) is 5.12. The lowest BCUT2D eigenvalue weighted by Gasteiger charge is -2.31. The molecule has 1 aliphatic heterocycles. The molecular weight excluding hydrogens is 252 g/mol. The van der Waals surface area contributed by atoms with Crippen LogP contribution in [-0.4, -0.2) is 47.6 Å². The van der Waals surface area contributed by atoms with Crippen molar-refractivity contribution in [1.82, 2.24) is 14.9 Å². The zero-order valence-electron chi connectivity index (χ0n) is 10.8. The largest absolute Gasteiger partial charge is 0.351 e. The SMILES string of the molecule is CCC1CN(C)CCCN1c1nc[nH]c(=O)c1Cl. The van der Waals surface area contributed by atoms with Gasteiger partial charge in [0, 0.05) is 19.1 Å². The molecule has 18 heavy (non-hydrogen) atoms. The Morgan fingerprint density at radius 3 is 3.06 bits per heavy atom. The molecule has 0 aliphatic carbocycles. The van der Waals surface area contributed by atoms with E-state index in [4.69, 9.17) is 11.6 Å². The highest BCUT2D eigenvalue weighted by atomic mass is 35.5. The summed E-state index contributed by atoms with van der Waals surface area (Å²) in [5.74, 6) is 0.613. The second-order valence-electron chi connectivity index (χ2n) is 4.74. The van der Waals surface area contributed by atoms with Crippen molar-refractivity contribution in [2.75, 3.05) is 31.6 Å². The van der Waals surface area contributed by atoms with Crippen molar-refractivity contribution in [3.63, 3.8) is 0 Å². The summed E-state index contributed by atoms with van der Waals surface area (Å²) >= 11 is 6.08. The molecule has 1 aliphatic rings. The summed E-state index contributed by atoms with van der Waals surface area (Å²) in [5.41, 5.74) is -0.269. The fourth-order valence-electron chi connectivity index (χ4n) is 2.45. The van der Waals surface area contributed by atoms with Gasteiger partial charge in [-0.3, -0.25) is 4.79 Å². The highest BCUT2D eigenvalue weighted by molar-refractivity contribution is 6.32. The zero-order valence-corrected chi connectivity index (χ0v) is 11.6. The van der Waals surface area contributed by atoms with Gasteiger partial charge in [0.25, 0.3) is 5.56 Å². The number of nitrogens with one attached hydrogen (secondary N) is 1. The first-order valence-electron chi connectivity index (χ1n) is 6.31. The maximum Gasteiger partial charge on any atom is 0.271 e. The molecule has 2 heterocycles. The highest BCUT2D eigenvalue weighted by Crippen LogP contribution is 2.24. The summed E-state index contributed by atoms with van der Waals surface area (Å²) in [7, 11) is 2.12. The topological polar surface area (TPSA) is 52.2 Å². The third-order valence-corrected chi connectivity index (χ3v) is 3.76. The minimum Gasteiger partial charge on any atom is -0.351 e. The predicted molar refractivity (Wildman–Crippen MR) is 73.4 cm³/mol. The average molecular weight is 271 g/mol. The highest BCUT2D eigenvalue weighted by Gasteiger charge is 2.25. The second kappa shape index (κ2) is 5.71. The first-order chi connectivity index (χ1) is 8.63. The van der Waals surface area contributed by atoms with Crippen molar-refractivity contribution in [3.05, 3.63) is 21.7 Å². The van der Waals surface area contributed by atoms with Gasteiger partial charge in [0.1, 0.15) is 5.02 Å². The number of hydrogen-bond donors (Lipinski definition) is 1. The minimum atomic E-state index is -0.269. The van der Waals surface area contributed by atoms with E-state index in [2.05, 4.69) is 33.7 Å². The Hall–Kier alpha value is -1.07. The van der Waals surface area contributed by atoms with Crippen LogP contribution in [0.4, 0.5) is 5.82 Å². The molecule has 100 valence electrons. The number of aromatic amines is 1. The van der Waals surface area contributed by atoms with Crippen LogP contribution in [0.3, 0.4) is 0 Å². The smallest absolute Gasteiger partial charge is 0.271 e. The number of halogens is 1. The number of hydrogen-bond acceptors (Lipinski definition) is 4. The molecule has 1 aromatic heterocycles. The first kappa shape index (κ1) is 13.4. The Labute approximate surface area is 112 Å². The van der Waals surface area contributed by atoms with E-state index < -0.39 is 0 Å². The summed E-state index contributed by atoms with van der Waals surface area (Å²) in [6.07, 6.45) is 3.48. The van der Waals surface area contributed by atoms with Crippen LogP contribution in [0.25, 0.3) is 0 Å². The fraction of sp³-hybridized carbons (Fsp3) is 0.667. The Bertz CT molecular complexity index is 462. The summed E-state index contributed by atoms with van der Waals surface area (Å²) in [6, 6.07) is 0.351. The molecule has 0 bridgehead atoms. The lowest BCUT2D eigenvalue weighted by Crippen LogP contribution is -2.41. The van der Waals surface area contributed by atoms with Gasteiger partial charge in [-0.2, -0.15) is 0 Å². The normalized spacial score (nSPS) is 21.9. The molecule has 5 nitrogen and oxygen atoms in total. The van der Waals surface area contributed by atoms with Crippen LogP contribution in [0, 0.1) is 0 Å². The van der Waals surface area contributed by atoms with E-state index in [1.54, 1.807) is 0 Å². The van der Waals surface area contributed by atoms with Crippen molar-refractivity contribution in [2.45, 2.75) is 25.8 Å². The molecule has 1 saturated heterocycles. The molecule has 2 rings (SSSR count). The van der Waals surface area contributed by atoms with Crippen LogP contribution in [0.5, 0.6) is 0 Å². The molecule has 1 aromatic rings. The number of likely N-dealkylation sites (N-methyl/N-ethyl adjacent to an activating group) is 1. The number of rotatable bonds is 2. The molecule has 1 atom stereocenters. The van der Waals surface area contributed by atoms with Crippen LogP contribution in [0.2, 0.25) is 5.02 Å². The number of anilines is 1. The molecule has 1 unspecified atom stereocenters. The molecule has 0 radical (unpaired) electrons. The molecule has 0 amide bonds. The van der Waals surface area contributed by atoms with E-state index >= 15 is 0 Å². The Morgan fingerprint density at radius 2 is 2.33 bits per heavy atom. The number of H-pyrrole nitrogens is 1. The van der Waals surface area contributed by atoms with Gasteiger partial charge >= 0.3 is 0 Å². The monoisotopic (exact) mass is 270 g/mol. The van der Waals surface area contributed by atoms with E-state index in [9.17, 15) is 4.79 Å². The molecule has 0 aromatic carbocycles. The summed E-state index contributed by atoms with van der Waals surface area (Å²) < 4.78 is 0. The van der Waals surface area contributed by atoms with Crippen molar-refractivity contribution >= 4 is 17.4 Å². The van der Waals surface area contributed by atoms with Gasteiger partial charge in [-0.05, 0) is 26.4 Å². The van der Waals surface area contributed by atoms with Crippen LogP contribution in [-0.2, 0) is 0 Å². The lowest BCUT2D eigenvalue weighted by atomic mass is 10.2. The Balaban J connectivity index is 2.34. The predicted octanol–water partition coefficient (Wildman–Crippen LogP) is 1.34. The van der Waals surface area contributed by atoms with Gasteiger partial charge in [0.05, 0.1) is 6.33 Å². The first-order valence-corrected chi connectivity index (χ1v) is 6.69. The van der Waals surface area contributed by atoms with Gasteiger partial charge in [-0.25, -0.2) is 4.98 Å². The maximum absolute atomic E-state index is 11.6. The third-order valence-electron chi connectivity index (χ3n) is 3.42. The van der Waals surface area contributed by atoms with Crippen molar-refractivity contribution in [2.24, 2.45) is 0 Å². The van der Waals surface area contributed by atoms with Crippen molar-refractivity contribution in [3.8, 4) is 0 Å². The zero-order chi connectivity index (χ0) is 13.1. The van der Waals surface area contributed by atoms with Crippen molar-refractivity contribution < 1.29 is 0 Å². The van der Waals surface area contributed by atoms with Gasteiger partial charge in [-0.15, -0.1) is 0 Å². The van der Waals surface area contributed by atoms with Gasteiger partial charge in [-0.1, -0.05) is 18.5 Å². The summed E-state index contributed by atoms with van der Waals surface area (Å²) in [6.45, 7) is 5.08. The Morgan fingerprint density at radius 1 is 1.56 bits per heavy atom. The molecule has 6 heteroatoms. The quantitative estimate of drug-likeness (QED) is 0.881. The van der Waals surface area contributed by atoms with Gasteiger partial charge < -0.3 is 14.8 Å². The van der Waals surface area contributed by atoms with Crippen LogP contribution in [0.15, 0.2) is 11.1 Å². The van der Waals surface area contributed by atoms with Crippen LogP contribution < -0.4 is 10.5 Å². The number of aromatic nitrogens is 2. The average Bonchev–Trinajstić information content (AvgIpc) is 2.54. The maximum atomic E-state index is 11.6. The molecule has 0 saturated carbocycles. The molecule has 0 spiro atoms. The lowest BCUT2D eigenvalue weighted by molar-refractivity contribution is 0.327. The van der Waals surface area contributed by atoms with E-state index in [0.29, 0.717) is 11.9 Å². The van der Waals surface area contributed by atoms with Crippen LogP contribution >= 0.6 is 11.6 Å². The van der Waals surface area contributed by atoms with Crippen molar-refractivity contribution in [1.29, 1.82) is 0 Å². The molecule has 1 fully saturated rings. The standard InChI is InChI=1S/C12H19ClN4O/c1-3-9-7-16(2)5-4-6-17(9)11-10(13)12(18)15-8-14-11/h8-9H,3-7H2,1-2H3,(H,14,15,18).